The summed E-state index contributed by atoms with van der Waals surface area (Å²) in [6.07, 6.45) is 7.05. The van der Waals surface area contributed by atoms with Crippen LogP contribution in [0.25, 0.3) is 5.57 Å². The van der Waals surface area contributed by atoms with Crippen LogP contribution >= 0.6 is 7.14 Å². The van der Waals surface area contributed by atoms with Gasteiger partial charge in [-0.15, -0.1) is 0 Å². The zero-order valence-electron chi connectivity index (χ0n) is 21.5. The predicted molar refractivity (Wildman–Crippen MR) is 161 cm³/mol. The SMILES string of the molecule is O=P(c1ccccc1)(c1ccccc1)C1C=CC2=C(C1)c1ccccc1C2(c1ccccc1)c1ccccn1. The molecule has 2 unspecified atom stereocenters. The minimum atomic E-state index is -2.98. The van der Waals surface area contributed by atoms with Crippen molar-refractivity contribution in [1.29, 1.82) is 0 Å². The molecule has 0 bridgehead atoms. The first kappa shape index (κ1) is 23.8. The minimum absolute atomic E-state index is 0.149. The molecule has 7 rings (SSSR count). The van der Waals surface area contributed by atoms with Crippen molar-refractivity contribution in [1.82, 2.24) is 4.98 Å². The Morgan fingerprint density at radius 1 is 0.667 bits per heavy atom. The highest BCUT2D eigenvalue weighted by Crippen LogP contribution is 2.60. The lowest BCUT2D eigenvalue weighted by molar-refractivity contribution is 0.582. The molecule has 2 nitrogen and oxygen atoms in total. The molecule has 2 aliphatic carbocycles. The molecular weight excluding hydrogens is 493 g/mol. The number of allylic oxidation sites excluding steroid dienone is 4. The second-order valence-corrected chi connectivity index (χ2v) is 13.2. The number of fused-ring (bicyclic) bond motifs is 2. The van der Waals surface area contributed by atoms with Crippen molar-refractivity contribution in [2.24, 2.45) is 0 Å². The van der Waals surface area contributed by atoms with E-state index in [0.29, 0.717) is 6.42 Å². The fourth-order valence-electron chi connectivity index (χ4n) is 6.61. The van der Waals surface area contributed by atoms with Gasteiger partial charge < -0.3 is 4.57 Å². The number of pyridine rings is 1. The van der Waals surface area contributed by atoms with Crippen LogP contribution in [-0.2, 0) is 9.98 Å². The van der Waals surface area contributed by atoms with Crippen molar-refractivity contribution < 1.29 is 4.57 Å². The molecule has 0 spiro atoms. The molecule has 1 aromatic heterocycles. The van der Waals surface area contributed by atoms with E-state index >= 15 is 4.57 Å². The molecule has 0 amide bonds. The predicted octanol–water partition coefficient (Wildman–Crippen LogP) is 7.53. The lowest BCUT2D eigenvalue weighted by Crippen LogP contribution is -2.31. The van der Waals surface area contributed by atoms with E-state index in [1.54, 1.807) is 0 Å². The summed E-state index contributed by atoms with van der Waals surface area (Å²) < 4.78 is 15.3. The standard InChI is InChI=1S/C36H28NOP/c38-39(28-16-6-2-7-17-28,29-18-8-3-9-19-29)30-23-24-34-32(26-30)31-20-10-11-21-33(31)36(34,27-14-4-1-5-15-27)35-22-12-13-25-37-35/h1-25,30H,26H2. The lowest BCUT2D eigenvalue weighted by atomic mass is 9.68. The normalized spacial score (nSPS) is 19.9. The molecule has 39 heavy (non-hydrogen) atoms. The molecule has 3 heteroatoms. The smallest absolute Gasteiger partial charge is 0.150 e. The third kappa shape index (κ3) is 3.56. The number of rotatable bonds is 5. The van der Waals surface area contributed by atoms with Crippen molar-refractivity contribution in [2.45, 2.75) is 17.5 Å². The van der Waals surface area contributed by atoms with Gasteiger partial charge in [0, 0.05) is 22.5 Å². The monoisotopic (exact) mass is 521 g/mol. The van der Waals surface area contributed by atoms with Crippen LogP contribution in [0.4, 0.5) is 0 Å². The first-order valence-electron chi connectivity index (χ1n) is 13.4. The molecule has 0 saturated carbocycles. The Balaban J connectivity index is 1.46. The molecule has 1 heterocycles. The number of nitrogens with zero attached hydrogens (tertiary/aromatic N) is 1. The summed E-state index contributed by atoms with van der Waals surface area (Å²) in [4.78, 5) is 4.94. The molecule has 0 saturated heterocycles. The topological polar surface area (TPSA) is 30.0 Å². The highest BCUT2D eigenvalue weighted by atomic mass is 31.2. The molecule has 0 radical (unpaired) electrons. The fraction of sp³-hybridized carbons (Fsp3) is 0.0833. The Morgan fingerprint density at radius 3 is 1.90 bits per heavy atom. The van der Waals surface area contributed by atoms with Crippen LogP contribution in [-0.4, -0.2) is 10.6 Å². The van der Waals surface area contributed by atoms with Crippen molar-refractivity contribution in [3.63, 3.8) is 0 Å². The number of benzene rings is 4. The van der Waals surface area contributed by atoms with Crippen molar-refractivity contribution >= 4 is 23.3 Å². The molecule has 2 atom stereocenters. The Morgan fingerprint density at radius 2 is 1.26 bits per heavy atom. The van der Waals surface area contributed by atoms with E-state index in [1.165, 1.54) is 27.8 Å². The van der Waals surface area contributed by atoms with E-state index in [0.717, 1.165) is 16.3 Å². The zero-order valence-corrected chi connectivity index (χ0v) is 22.4. The van der Waals surface area contributed by atoms with Gasteiger partial charge in [0.1, 0.15) is 7.14 Å². The third-order valence-corrected chi connectivity index (χ3v) is 11.7. The van der Waals surface area contributed by atoms with Crippen LogP contribution in [0.1, 0.15) is 28.8 Å². The van der Waals surface area contributed by atoms with Crippen molar-refractivity contribution in [3.8, 4) is 0 Å². The summed E-state index contributed by atoms with van der Waals surface area (Å²) in [5.41, 5.74) is 6.48. The largest absolute Gasteiger partial charge is 0.313 e. The first-order chi connectivity index (χ1) is 19.2. The Labute approximate surface area is 229 Å². The van der Waals surface area contributed by atoms with E-state index in [4.69, 9.17) is 4.98 Å². The van der Waals surface area contributed by atoms with Crippen molar-refractivity contribution in [2.75, 3.05) is 0 Å². The molecule has 5 aromatic rings. The van der Waals surface area contributed by atoms with Crippen LogP contribution in [0.15, 0.2) is 157 Å². The van der Waals surface area contributed by atoms with E-state index in [9.17, 15) is 0 Å². The average molecular weight is 522 g/mol. The molecular formula is C36H28NOP. The second-order valence-electron chi connectivity index (χ2n) is 10.2. The summed E-state index contributed by atoms with van der Waals surface area (Å²) in [5, 5.41) is 1.81. The van der Waals surface area contributed by atoms with Crippen molar-refractivity contribution in [3.05, 3.63) is 180 Å². The highest BCUT2D eigenvalue weighted by Gasteiger charge is 2.50. The maximum Gasteiger partial charge on any atom is 0.150 e. The molecule has 0 fully saturated rings. The summed E-state index contributed by atoms with van der Waals surface area (Å²) >= 11 is 0. The Kier molecular flexibility index (Phi) is 5.80. The van der Waals surface area contributed by atoms with Crippen LogP contribution in [0.5, 0.6) is 0 Å². The maximum atomic E-state index is 15.3. The summed E-state index contributed by atoms with van der Waals surface area (Å²) in [7, 11) is -2.98. The van der Waals surface area contributed by atoms with Crippen LogP contribution in [0, 0.1) is 0 Å². The van der Waals surface area contributed by atoms with Gasteiger partial charge in [-0.25, -0.2) is 0 Å². The number of aromatic nitrogens is 1. The van der Waals surface area contributed by atoms with Gasteiger partial charge in [0.05, 0.1) is 11.1 Å². The molecule has 2 aliphatic rings. The van der Waals surface area contributed by atoms with Crippen LogP contribution < -0.4 is 10.6 Å². The van der Waals surface area contributed by atoms with Gasteiger partial charge in [-0.05, 0) is 46.4 Å². The van der Waals surface area contributed by atoms with Gasteiger partial charge in [0.25, 0.3) is 0 Å². The molecule has 0 aliphatic heterocycles. The third-order valence-electron chi connectivity index (χ3n) is 8.29. The van der Waals surface area contributed by atoms with Gasteiger partial charge in [0.2, 0.25) is 0 Å². The zero-order chi connectivity index (χ0) is 26.3. The lowest BCUT2D eigenvalue weighted by Gasteiger charge is -2.35. The van der Waals surface area contributed by atoms with E-state index in [1.807, 2.05) is 72.9 Å². The second kappa shape index (κ2) is 9.49. The van der Waals surface area contributed by atoms with E-state index < -0.39 is 12.6 Å². The number of hydrogen-bond donors (Lipinski definition) is 0. The van der Waals surface area contributed by atoms with E-state index in [-0.39, 0.29) is 5.66 Å². The Bertz CT molecular complexity index is 1660. The summed E-state index contributed by atoms with van der Waals surface area (Å²) in [6, 6.07) is 45.6. The Hall–Kier alpha value is -4.26. The van der Waals surface area contributed by atoms with Crippen LogP contribution in [0.2, 0.25) is 0 Å². The quantitative estimate of drug-likeness (QED) is 0.224. The van der Waals surface area contributed by atoms with Gasteiger partial charge in [0.15, 0.2) is 0 Å². The summed E-state index contributed by atoms with van der Waals surface area (Å²) in [5.74, 6) is 0. The first-order valence-corrected chi connectivity index (χ1v) is 15.2. The average Bonchev–Trinajstić information content (AvgIpc) is 3.33. The van der Waals surface area contributed by atoms with Gasteiger partial charge in [-0.3, -0.25) is 4.98 Å². The van der Waals surface area contributed by atoms with Gasteiger partial charge >= 0.3 is 0 Å². The summed E-state index contributed by atoms with van der Waals surface area (Å²) in [6.45, 7) is 0. The van der Waals surface area contributed by atoms with Gasteiger partial charge in [-0.1, -0.05) is 133 Å². The van der Waals surface area contributed by atoms with Crippen LogP contribution in [0.3, 0.4) is 0 Å². The fourth-order valence-corrected chi connectivity index (χ4v) is 9.67. The number of hydrogen-bond acceptors (Lipinski definition) is 2. The molecule has 188 valence electrons. The van der Waals surface area contributed by atoms with E-state index in [2.05, 4.69) is 78.9 Å². The maximum absolute atomic E-state index is 15.3. The molecule has 4 aromatic carbocycles. The minimum Gasteiger partial charge on any atom is -0.313 e. The molecule has 0 N–H and O–H groups in total. The highest BCUT2D eigenvalue weighted by molar-refractivity contribution is 7.79. The van der Waals surface area contributed by atoms with Gasteiger partial charge in [-0.2, -0.15) is 0 Å².